The molecule has 1 aromatic rings. The van der Waals surface area contributed by atoms with Crippen molar-refractivity contribution in [2.45, 2.75) is 44.4 Å². The van der Waals surface area contributed by atoms with E-state index in [1.165, 1.54) is 24.9 Å². The SMILES string of the molecule is Cl.Cl.O=C(C1CN(Cc2ccccc2)CCO1)N1CCC(NCC2CC2)CC1. The number of amides is 1. The minimum Gasteiger partial charge on any atom is -0.366 e. The second kappa shape index (κ2) is 11.4. The highest BCUT2D eigenvalue weighted by Crippen LogP contribution is 2.28. The third-order valence-corrected chi connectivity index (χ3v) is 5.87. The van der Waals surface area contributed by atoms with Gasteiger partial charge in [-0.1, -0.05) is 30.3 Å². The van der Waals surface area contributed by atoms with E-state index in [2.05, 4.69) is 34.5 Å². The van der Waals surface area contributed by atoms with Crippen LogP contribution >= 0.6 is 24.8 Å². The number of benzene rings is 1. The number of rotatable bonds is 6. The van der Waals surface area contributed by atoms with Crippen LogP contribution in [-0.2, 0) is 16.1 Å². The van der Waals surface area contributed by atoms with E-state index >= 15 is 0 Å². The summed E-state index contributed by atoms with van der Waals surface area (Å²) in [6.07, 6.45) is 4.62. The third-order valence-electron chi connectivity index (χ3n) is 5.87. The lowest BCUT2D eigenvalue weighted by Gasteiger charge is -2.38. The van der Waals surface area contributed by atoms with Gasteiger partial charge in [0.2, 0.25) is 0 Å². The van der Waals surface area contributed by atoms with Crippen LogP contribution in [0.15, 0.2) is 30.3 Å². The molecule has 2 aliphatic heterocycles. The van der Waals surface area contributed by atoms with Gasteiger partial charge in [-0.2, -0.15) is 0 Å². The van der Waals surface area contributed by atoms with Gasteiger partial charge in [0.05, 0.1) is 6.61 Å². The average Bonchev–Trinajstić information content (AvgIpc) is 3.52. The molecule has 1 atom stereocenters. The largest absolute Gasteiger partial charge is 0.366 e. The first kappa shape index (κ1) is 23.4. The number of piperidine rings is 1. The van der Waals surface area contributed by atoms with Crippen LogP contribution in [0.3, 0.4) is 0 Å². The maximum atomic E-state index is 12.9. The number of likely N-dealkylation sites (tertiary alicyclic amines) is 1. The number of hydrogen-bond acceptors (Lipinski definition) is 4. The molecular formula is C21H33Cl2N3O2. The lowest BCUT2D eigenvalue weighted by molar-refractivity contribution is -0.150. The zero-order valence-corrected chi connectivity index (χ0v) is 18.1. The van der Waals surface area contributed by atoms with Crippen LogP contribution in [-0.4, -0.2) is 67.2 Å². The van der Waals surface area contributed by atoms with Crippen molar-refractivity contribution in [3.05, 3.63) is 35.9 Å². The predicted molar refractivity (Wildman–Crippen MR) is 116 cm³/mol. The number of nitrogens with one attached hydrogen (secondary N) is 1. The van der Waals surface area contributed by atoms with Gasteiger partial charge in [-0.3, -0.25) is 9.69 Å². The Kier molecular flexibility index (Phi) is 9.51. The second-order valence-corrected chi connectivity index (χ2v) is 8.03. The van der Waals surface area contributed by atoms with Gasteiger partial charge in [0.15, 0.2) is 0 Å². The first-order valence-corrected chi connectivity index (χ1v) is 10.2. The number of hydrogen-bond donors (Lipinski definition) is 1. The number of carbonyl (C=O) groups is 1. The Morgan fingerprint density at radius 3 is 2.43 bits per heavy atom. The highest BCUT2D eigenvalue weighted by Gasteiger charge is 2.32. The zero-order valence-electron chi connectivity index (χ0n) is 16.4. The van der Waals surface area contributed by atoms with Gasteiger partial charge in [-0.05, 0) is 43.7 Å². The van der Waals surface area contributed by atoms with Gasteiger partial charge in [0.1, 0.15) is 6.10 Å². The maximum absolute atomic E-state index is 12.9. The van der Waals surface area contributed by atoms with Gasteiger partial charge < -0.3 is 15.0 Å². The van der Waals surface area contributed by atoms with Gasteiger partial charge in [-0.25, -0.2) is 0 Å². The van der Waals surface area contributed by atoms with Crippen LogP contribution in [0, 0.1) is 5.92 Å². The van der Waals surface area contributed by atoms with E-state index < -0.39 is 0 Å². The first-order valence-electron chi connectivity index (χ1n) is 10.2. The topological polar surface area (TPSA) is 44.8 Å². The summed E-state index contributed by atoms with van der Waals surface area (Å²) in [6.45, 7) is 6.02. The van der Waals surface area contributed by atoms with E-state index in [9.17, 15) is 4.79 Å². The third kappa shape index (κ3) is 6.60. The zero-order chi connectivity index (χ0) is 17.8. The molecule has 0 radical (unpaired) electrons. The standard InChI is InChI=1S/C21H31N3O2.2ClH/c25-21(24-10-8-19(9-11-24)22-14-17-6-7-17)20-16-23(12-13-26-20)15-18-4-2-1-3-5-18;;/h1-5,17,19-20,22H,6-16H2;2*1H. The summed E-state index contributed by atoms with van der Waals surface area (Å²) >= 11 is 0. The summed E-state index contributed by atoms with van der Waals surface area (Å²) in [6, 6.07) is 11.1. The normalized spacial score (nSPS) is 23.6. The van der Waals surface area contributed by atoms with Gasteiger partial charge in [0.25, 0.3) is 5.91 Å². The molecule has 1 unspecified atom stereocenters. The molecule has 0 aromatic heterocycles. The van der Waals surface area contributed by atoms with Crippen LogP contribution in [0.2, 0.25) is 0 Å². The van der Waals surface area contributed by atoms with Crippen molar-refractivity contribution < 1.29 is 9.53 Å². The Bertz CT molecular complexity index is 593. The minimum atomic E-state index is -0.302. The summed E-state index contributed by atoms with van der Waals surface area (Å²) in [5, 5.41) is 3.68. The molecule has 7 heteroatoms. The van der Waals surface area contributed by atoms with Crippen molar-refractivity contribution in [1.82, 2.24) is 15.1 Å². The van der Waals surface area contributed by atoms with Gasteiger partial charge >= 0.3 is 0 Å². The lowest BCUT2D eigenvalue weighted by Crippen LogP contribution is -2.53. The summed E-state index contributed by atoms with van der Waals surface area (Å²) in [7, 11) is 0. The first-order chi connectivity index (χ1) is 12.8. The number of halogens is 2. The van der Waals surface area contributed by atoms with Crippen molar-refractivity contribution in [2.75, 3.05) is 39.3 Å². The summed E-state index contributed by atoms with van der Waals surface area (Å²) in [4.78, 5) is 17.2. The van der Waals surface area contributed by atoms with Crippen LogP contribution in [0.1, 0.15) is 31.2 Å². The molecule has 1 N–H and O–H groups in total. The molecule has 0 spiro atoms. The molecule has 1 aliphatic carbocycles. The van der Waals surface area contributed by atoms with E-state index in [1.54, 1.807) is 0 Å². The lowest BCUT2D eigenvalue weighted by atomic mass is 10.0. The molecule has 158 valence electrons. The van der Waals surface area contributed by atoms with Crippen molar-refractivity contribution in [3.8, 4) is 0 Å². The molecular weight excluding hydrogens is 397 g/mol. The number of morpholine rings is 1. The van der Waals surface area contributed by atoms with Crippen molar-refractivity contribution in [3.63, 3.8) is 0 Å². The van der Waals surface area contributed by atoms with Crippen molar-refractivity contribution in [1.29, 1.82) is 0 Å². The van der Waals surface area contributed by atoms with E-state index in [1.807, 2.05) is 11.0 Å². The van der Waals surface area contributed by atoms with Gasteiger partial charge in [-0.15, -0.1) is 24.8 Å². The molecule has 2 saturated heterocycles. The summed E-state index contributed by atoms with van der Waals surface area (Å²) < 4.78 is 5.83. The predicted octanol–water partition coefficient (Wildman–Crippen LogP) is 2.72. The highest BCUT2D eigenvalue weighted by molar-refractivity contribution is 5.85. The van der Waals surface area contributed by atoms with Gasteiger partial charge in [0, 0.05) is 38.8 Å². The Morgan fingerprint density at radius 1 is 1.04 bits per heavy atom. The summed E-state index contributed by atoms with van der Waals surface area (Å²) in [5.41, 5.74) is 1.29. The second-order valence-electron chi connectivity index (χ2n) is 8.03. The monoisotopic (exact) mass is 429 g/mol. The highest BCUT2D eigenvalue weighted by atomic mass is 35.5. The molecule has 3 aliphatic rings. The maximum Gasteiger partial charge on any atom is 0.253 e. The average molecular weight is 430 g/mol. The van der Waals surface area contributed by atoms with Crippen molar-refractivity contribution >= 4 is 30.7 Å². The van der Waals surface area contributed by atoms with Crippen LogP contribution in [0.25, 0.3) is 0 Å². The Labute approximate surface area is 181 Å². The molecule has 2 heterocycles. The molecule has 1 amide bonds. The van der Waals surface area contributed by atoms with E-state index in [4.69, 9.17) is 4.74 Å². The quantitative estimate of drug-likeness (QED) is 0.754. The molecule has 5 nitrogen and oxygen atoms in total. The number of nitrogens with zero attached hydrogens (tertiary/aromatic N) is 2. The van der Waals surface area contributed by atoms with Crippen LogP contribution in [0.4, 0.5) is 0 Å². The smallest absolute Gasteiger partial charge is 0.253 e. The summed E-state index contributed by atoms with van der Waals surface area (Å²) in [5.74, 6) is 1.10. The molecule has 1 saturated carbocycles. The molecule has 1 aromatic carbocycles. The molecule has 4 rings (SSSR count). The fourth-order valence-electron chi connectivity index (χ4n) is 4.00. The minimum absolute atomic E-state index is 0. The Balaban J connectivity index is 0.00000140. The van der Waals surface area contributed by atoms with E-state index in [0.717, 1.165) is 44.9 Å². The molecule has 0 bridgehead atoms. The number of carbonyl (C=O) groups excluding carboxylic acids is 1. The van der Waals surface area contributed by atoms with E-state index in [-0.39, 0.29) is 36.8 Å². The Morgan fingerprint density at radius 2 is 1.75 bits per heavy atom. The fourth-order valence-corrected chi connectivity index (χ4v) is 4.00. The molecule has 3 fully saturated rings. The number of ether oxygens (including phenoxy) is 1. The van der Waals surface area contributed by atoms with Crippen molar-refractivity contribution in [2.24, 2.45) is 5.92 Å². The molecule has 28 heavy (non-hydrogen) atoms. The fraction of sp³-hybridized carbons (Fsp3) is 0.667. The van der Waals surface area contributed by atoms with E-state index in [0.29, 0.717) is 19.2 Å². The van der Waals surface area contributed by atoms with Crippen LogP contribution < -0.4 is 5.32 Å². The van der Waals surface area contributed by atoms with Crippen LogP contribution in [0.5, 0.6) is 0 Å². The Hall–Kier alpha value is -0.850.